The van der Waals surface area contributed by atoms with E-state index in [4.69, 9.17) is 0 Å². The molecule has 0 aliphatic heterocycles. The Morgan fingerprint density at radius 3 is 2.29 bits per heavy atom. The quantitative estimate of drug-likeness (QED) is 0.666. The number of amides is 1. The molecule has 28 heavy (non-hydrogen) atoms. The van der Waals surface area contributed by atoms with Gasteiger partial charge < -0.3 is 5.32 Å². The molecular formula is C22H22N2O3S. The van der Waals surface area contributed by atoms with Gasteiger partial charge in [0.1, 0.15) is 0 Å². The Bertz CT molecular complexity index is 979. The summed E-state index contributed by atoms with van der Waals surface area (Å²) in [4.78, 5) is 17.1. The third-order valence-electron chi connectivity index (χ3n) is 4.40. The van der Waals surface area contributed by atoms with Crippen LogP contribution in [0.1, 0.15) is 29.3 Å². The molecule has 2 aromatic carbocycles. The fraction of sp³-hybridized carbons (Fsp3) is 0.182. The highest BCUT2D eigenvalue weighted by Crippen LogP contribution is 2.20. The van der Waals surface area contributed by atoms with Crippen LogP contribution in [0.5, 0.6) is 0 Å². The van der Waals surface area contributed by atoms with Crippen molar-refractivity contribution in [1.82, 2.24) is 10.3 Å². The number of nitrogens with zero attached hydrogens (tertiary/aromatic N) is 1. The van der Waals surface area contributed by atoms with E-state index in [9.17, 15) is 13.2 Å². The number of carbonyl (C=O) groups is 1. The van der Waals surface area contributed by atoms with Crippen molar-refractivity contribution in [3.63, 3.8) is 0 Å². The van der Waals surface area contributed by atoms with Crippen molar-refractivity contribution in [2.45, 2.75) is 24.3 Å². The number of rotatable bonds is 7. The first-order valence-electron chi connectivity index (χ1n) is 9.00. The molecule has 1 heterocycles. The zero-order valence-electron chi connectivity index (χ0n) is 15.6. The first-order valence-corrected chi connectivity index (χ1v) is 10.7. The van der Waals surface area contributed by atoms with E-state index in [0.717, 1.165) is 11.1 Å². The summed E-state index contributed by atoms with van der Waals surface area (Å²) in [7, 11) is -3.51. The zero-order chi connectivity index (χ0) is 20.0. The molecule has 0 saturated heterocycles. The smallest absolute Gasteiger partial charge is 0.221 e. The van der Waals surface area contributed by atoms with Crippen LogP contribution in [0, 0.1) is 6.92 Å². The minimum Gasteiger partial charge on any atom is -0.344 e. The van der Waals surface area contributed by atoms with Gasteiger partial charge in [-0.05, 0) is 36.8 Å². The molecule has 1 N–H and O–H groups in total. The van der Waals surface area contributed by atoms with Crippen LogP contribution in [0.3, 0.4) is 0 Å². The number of benzene rings is 2. The highest BCUT2D eigenvalue weighted by molar-refractivity contribution is 7.91. The average molecular weight is 394 g/mol. The van der Waals surface area contributed by atoms with Crippen molar-refractivity contribution in [1.29, 1.82) is 0 Å². The summed E-state index contributed by atoms with van der Waals surface area (Å²) in [6.07, 6.45) is 1.55. The van der Waals surface area contributed by atoms with Gasteiger partial charge in [-0.2, -0.15) is 0 Å². The summed E-state index contributed by atoms with van der Waals surface area (Å²) >= 11 is 0. The van der Waals surface area contributed by atoms with Crippen LogP contribution in [0.15, 0.2) is 83.9 Å². The molecule has 144 valence electrons. The minimum absolute atomic E-state index is 0.119. The molecule has 0 saturated carbocycles. The number of hydrogen-bond donors (Lipinski definition) is 1. The molecule has 5 nitrogen and oxygen atoms in total. The van der Waals surface area contributed by atoms with E-state index >= 15 is 0 Å². The van der Waals surface area contributed by atoms with Gasteiger partial charge in [-0.1, -0.05) is 54.1 Å². The van der Waals surface area contributed by atoms with E-state index in [0.29, 0.717) is 5.69 Å². The van der Waals surface area contributed by atoms with Crippen LogP contribution < -0.4 is 5.32 Å². The van der Waals surface area contributed by atoms with Crippen molar-refractivity contribution in [3.05, 3.63) is 95.8 Å². The normalized spacial score (nSPS) is 12.3. The summed E-state index contributed by atoms with van der Waals surface area (Å²) in [5.41, 5.74) is 2.57. The molecule has 0 aliphatic rings. The first-order chi connectivity index (χ1) is 13.5. The average Bonchev–Trinajstić information content (AvgIpc) is 2.72. The topological polar surface area (TPSA) is 76.1 Å². The Hall–Kier alpha value is -2.99. The molecule has 3 aromatic rings. The predicted octanol–water partition coefficient (Wildman–Crippen LogP) is 3.46. The largest absolute Gasteiger partial charge is 0.344 e. The van der Waals surface area contributed by atoms with Gasteiger partial charge in [0.05, 0.1) is 22.4 Å². The molecule has 1 unspecified atom stereocenters. The molecule has 3 rings (SSSR count). The molecule has 1 amide bonds. The van der Waals surface area contributed by atoms with Gasteiger partial charge >= 0.3 is 0 Å². The van der Waals surface area contributed by atoms with Crippen LogP contribution in [-0.2, 0) is 14.6 Å². The van der Waals surface area contributed by atoms with E-state index in [2.05, 4.69) is 10.3 Å². The van der Waals surface area contributed by atoms with Crippen molar-refractivity contribution >= 4 is 15.7 Å². The fourth-order valence-electron chi connectivity index (χ4n) is 2.84. The lowest BCUT2D eigenvalue weighted by atomic mass is 10.0. The van der Waals surface area contributed by atoms with E-state index in [1.54, 1.807) is 30.5 Å². The van der Waals surface area contributed by atoms with Crippen LogP contribution in [-0.4, -0.2) is 25.1 Å². The van der Waals surface area contributed by atoms with Crippen LogP contribution in [0.4, 0.5) is 0 Å². The molecule has 1 atom stereocenters. The van der Waals surface area contributed by atoms with Gasteiger partial charge in [0.15, 0.2) is 9.84 Å². The predicted molar refractivity (Wildman–Crippen MR) is 109 cm³/mol. The van der Waals surface area contributed by atoms with Crippen molar-refractivity contribution in [2.24, 2.45) is 0 Å². The molecular weight excluding hydrogens is 372 g/mol. The summed E-state index contributed by atoms with van der Waals surface area (Å²) in [6.45, 7) is 1.89. The number of pyridine rings is 1. The van der Waals surface area contributed by atoms with Crippen LogP contribution >= 0.6 is 0 Å². The van der Waals surface area contributed by atoms with Gasteiger partial charge in [-0.15, -0.1) is 0 Å². The fourth-order valence-corrected chi connectivity index (χ4v) is 4.08. The second-order valence-corrected chi connectivity index (χ2v) is 8.66. The van der Waals surface area contributed by atoms with Gasteiger partial charge in [-0.25, -0.2) is 8.42 Å². The van der Waals surface area contributed by atoms with Gasteiger partial charge in [-0.3, -0.25) is 9.78 Å². The maximum atomic E-state index is 12.5. The Balaban J connectivity index is 1.71. The highest BCUT2D eigenvalue weighted by Gasteiger charge is 2.20. The summed E-state index contributed by atoms with van der Waals surface area (Å²) in [5.74, 6) is -0.582. The number of nitrogens with one attached hydrogen (secondary N) is 1. The lowest BCUT2D eigenvalue weighted by molar-refractivity contribution is -0.121. The first kappa shape index (κ1) is 19.8. The van der Waals surface area contributed by atoms with Crippen molar-refractivity contribution in [3.8, 4) is 0 Å². The molecule has 0 radical (unpaired) electrons. The minimum atomic E-state index is -3.51. The summed E-state index contributed by atoms with van der Waals surface area (Å²) < 4.78 is 25.0. The number of aryl methyl sites for hydroxylation is 1. The third-order valence-corrected chi connectivity index (χ3v) is 6.13. The maximum Gasteiger partial charge on any atom is 0.221 e. The van der Waals surface area contributed by atoms with E-state index in [-0.39, 0.29) is 23.0 Å². The Labute approximate surface area is 165 Å². The monoisotopic (exact) mass is 394 g/mol. The second kappa shape index (κ2) is 8.80. The van der Waals surface area contributed by atoms with Crippen molar-refractivity contribution < 1.29 is 13.2 Å². The van der Waals surface area contributed by atoms with Crippen molar-refractivity contribution in [2.75, 3.05) is 5.75 Å². The Morgan fingerprint density at radius 1 is 0.964 bits per heavy atom. The third kappa shape index (κ3) is 5.04. The maximum absolute atomic E-state index is 12.5. The Morgan fingerprint density at radius 2 is 1.64 bits per heavy atom. The standard InChI is InChI=1S/C22H22N2O3S/c1-17-10-12-19(13-11-17)28(26,27)16-14-21(25)24-22(18-7-3-2-4-8-18)20-9-5-6-15-23-20/h2-13,15,22H,14,16H2,1H3,(H,24,25). The molecule has 0 aliphatic carbocycles. The van der Waals surface area contributed by atoms with E-state index in [1.807, 2.05) is 55.5 Å². The lowest BCUT2D eigenvalue weighted by Crippen LogP contribution is -2.31. The van der Waals surface area contributed by atoms with Crippen LogP contribution in [0.25, 0.3) is 0 Å². The molecule has 6 heteroatoms. The zero-order valence-corrected chi connectivity index (χ0v) is 16.4. The van der Waals surface area contributed by atoms with Crippen LogP contribution in [0.2, 0.25) is 0 Å². The summed E-state index contributed by atoms with van der Waals surface area (Å²) in [6, 6.07) is 21.2. The molecule has 0 bridgehead atoms. The van der Waals surface area contributed by atoms with Gasteiger partial charge in [0, 0.05) is 12.6 Å². The summed E-state index contributed by atoms with van der Waals surface area (Å²) in [5, 5.41) is 2.92. The van der Waals surface area contributed by atoms with E-state index in [1.165, 1.54) is 0 Å². The number of sulfone groups is 1. The Kier molecular flexibility index (Phi) is 6.21. The van der Waals surface area contributed by atoms with Gasteiger partial charge in [0.25, 0.3) is 0 Å². The van der Waals surface area contributed by atoms with Gasteiger partial charge in [0.2, 0.25) is 5.91 Å². The SMILES string of the molecule is Cc1ccc(S(=O)(=O)CCC(=O)NC(c2ccccc2)c2ccccn2)cc1. The molecule has 0 spiro atoms. The lowest BCUT2D eigenvalue weighted by Gasteiger charge is -2.19. The number of carbonyl (C=O) groups excluding carboxylic acids is 1. The number of hydrogen-bond acceptors (Lipinski definition) is 4. The highest BCUT2D eigenvalue weighted by atomic mass is 32.2. The molecule has 1 aromatic heterocycles. The second-order valence-electron chi connectivity index (χ2n) is 6.55. The van der Waals surface area contributed by atoms with E-state index < -0.39 is 15.9 Å². The number of aromatic nitrogens is 1. The molecule has 0 fully saturated rings.